The molecule has 1 saturated carbocycles. The van der Waals surface area contributed by atoms with Crippen LogP contribution in [0.15, 0.2) is 46.7 Å². The molecule has 2 aromatic rings. The number of nitrogens with zero attached hydrogens (tertiary/aromatic N) is 1. The third kappa shape index (κ3) is 3.31. The highest BCUT2D eigenvalue weighted by Crippen LogP contribution is 2.34. The maximum absolute atomic E-state index is 12.9. The lowest BCUT2D eigenvalue weighted by Crippen LogP contribution is -2.32. The summed E-state index contributed by atoms with van der Waals surface area (Å²) < 4.78 is 27.4. The van der Waals surface area contributed by atoms with Crippen LogP contribution in [0.25, 0.3) is 0 Å². The standard InChI is InChI=1S/C15H16ClNO2S2/c16-10-12-3-1-5-15(9-12)21(18,19)17(13-6-7-13)11-14-4-2-8-20-14/h1-5,8-9,13H,6-7,10-11H2. The Balaban J connectivity index is 1.93. The van der Waals surface area contributed by atoms with E-state index in [1.807, 2.05) is 23.6 Å². The van der Waals surface area contributed by atoms with Gasteiger partial charge in [-0.3, -0.25) is 0 Å². The molecule has 21 heavy (non-hydrogen) atoms. The summed E-state index contributed by atoms with van der Waals surface area (Å²) in [5.74, 6) is 0.317. The molecule has 0 N–H and O–H groups in total. The van der Waals surface area contributed by atoms with Crippen molar-refractivity contribution in [3.8, 4) is 0 Å². The van der Waals surface area contributed by atoms with Gasteiger partial charge in [0, 0.05) is 23.3 Å². The van der Waals surface area contributed by atoms with E-state index in [0.717, 1.165) is 23.3 Å². The summed E-state index contributed by atoms with van der Waals surface area (Å²) >= 11 is 7.40. The Hall–Kier alpha value is -0.880. The Kier molecular flexibility index (Phi) is 4.36. The quantitative estimate of drug-likeness (QED) is 0.748. The number of benzene rings is 1. The SMILES string of the molecule is O=S(=O)(c1cccc(CCl)c1)N(Cc1cccs1)C1CC1. The maximum atomic E-state index is 12.9. The van der Waals surface area contributed by atoms with Gasteiger partial charge in [-0.2, -0.15) is 4.31 Å². The molecule has 1 aromatic carbocycles. The number of rotatable bonds is 6. The van der Waals surface area contributed by atoms with Gasteiger partial charge in [0.15, 0.2) is 0 Å². The Morgan fingerprint density at radius 3 is 2.67 bits per heavy atom. The first-order valence-electron chi connectivity index (χ1n) is 6.80. The summed E-state index contributed by atoms with van der Waals surface area (Å²) in [6, 6.07) is 11.0. The first kappa shape index (κ1) is 15.0. The Labute approximate surface area is 134 Å². The molecule has 1 aromatic heterocycles. The van der Waals surface area contributed by atoms with Crippen LogP contribution >= 0.6 is 22.9 Å². The number of thiophene rings is 1. The van der Waals surface area contributed by atoms with Crippen molar-refractivity contribution in [2.45, 2.75) is 36.2 Å². The molecule has 3 nitrogen and oxygen atoms in total. The molecule has 0 bridgehead atoms. The zero-order valence-electron chi connectivity index (χ0n) is 11.4. The van der Waals surface area contributed by atoms with Gasteiger partial charge in [-0.15, -0.1) is 22.9 Å². The molecule has 1 aliphatic rings. The van der Waals surface area contributed by atoms with Crippen LogP contribution < -0.4 is 0 Å². The smallest absolute Gasteiger partial charge is 0.207 e. The van der Waals surface area contributed by atoms with E-state index in [-0.39, 0.29) is 6.04 Å². The molecular weight excluding hydrogens is 326 g/mol. The van der Waals surface area contributed by atoms with Crippen LogP contribution in [0.2, 0.25) is 0 Å². The minimum absolute atomic E-state index is 0.136. The van der Waals surface area contributed by atoms with E-state index >= 15 is 0 Å². The lowest BCUT2D eigenvalue weighted by molar-refractivity contribution is 0.401. The van der Waals surface area contributed by atoms with Crippen LogP contribution in [-0.2, 0) is 22.4 Å². The van der Waals surface area contributed by atoms with Crippen molar-refractivity contribution < 1.29 is 8.42 Å². The minimum atomic E-state index is -3.47. The average Bonchev–Trinajstić information content (AvgIpc) is 3.20. The molecule has 1 aliphatic carbocycles. The molecule has 0 amide bonds. The zero-order chi connectivity index (χ0) is 14.9. The molecular formula is C15H16ClNO2S2. The second kappa shape index (κ2) is 6.08. The fraction of sp³-hybridized carbons (Fsp3) is 0.333. The first-order valence-corrected chi connectivity index (χ1v) is 9.66. The largest absolute Gasteiger partial charge is 0.243 e. The van der Waals surface area contributed by atoms with Crippen LogP contribution in [0.5, 0.6) is 0 Å². The summed E-state index contributed by atoms with van der Waals surface area (Å²) in [6.07, 6.45) is 1.89. The van der Waals surface area contributed by atoms with Gasteiger partial charge in [0.1, 0.15) is 0 Å². The second-order valence-corrected chi connectivity index (χ2v) is 8.33. The molecule has 0 saturated heterocycles. The average molecular weight is 342 g/mol. The molecule has 1 fully saturated rings. The molecule has 0 atom stereocenters. The van der Waals surface area contributed by atoms with Crippen molar-refractivity contribution >= 4 is 33.0 Å². The van der Waals surface area contributed by atoms with Crippen molar-refractivity contribution in [1.82, 2.24) is 4.31 Å². The van der Waals surface area contributed by atoms with Crippen LogP contribution in [-0.4, -0.2) is 18.8 Å². The Morgan fingerprint density at radius 2 is 2.05 bits per heavy atom. The molecule has 0 aliphatic heterocycles. The van der Waals surface area contributed by atoms with E-state index in [4.69, 9.17) is 11.6 Å². The normalized spacial score (nSPS) is 15.5. The van der Waals surface area contributed by atoms with E-state index in [9.17, 15) is 8.42 Å². The van der Waals surface area contributed by atoms with Crippen molar-refractivity contribution in [3.05, 3.63) is 52.2 Å². The van der Waals surface area contributed by atoms with Gasteiger partial charge in [0.05, 0.1) is 4.90 Å². The summed E-state index contributed by atoms with van der Waals surface area (Å²) in [5.41, 5.74) is 0.824. The van der Waals surface area contributed by atoms with E-state index in [0.29, 0.717) is 17.3 Å². The highest BCUT2D eigenvalue weighted by molar-refractivity contribution is 7.89. The molecule has 0 unspecified atom stereocenters. The monoisotopic (exact) mass is 341 g/mol. The molecule has 1 heterocycles. The first-order chi connectivity index (χ1) is 10.1. The summed E-state index contributed by atoms with van der Waals surface area (Å²) in [5, 5.41) is 1.97. The van der Waals surface area contributed by atoms with Gasteiger partial charge in [0.25, 0.3) is 0 Å². The lowest BCUT2D eigenvalue weighted by Gasteiger charge is -2.21. The topological polar surface area (TPSA) is 37.4 Å². The summed E-state index contributed by atoms with van der Waals surface area (Å²) in [7, 11) is -3.47. The van der Waals surface area contributed by atoms with E-state index in [1.165, 1.54) is 0 Å². The van der Waals surface area contributed by atoms with Crippen molar-refractivity contribution in [2.24, 2.45) is 0 Å². The van der Waals surface area contributed by atoms with Crippen LogP contribution in [0, 0.1) is 0 Å². The second-order valence-electron chi connectivity index (χ2n) is 5.14. The predicted molar refractivity (Wildman–Crippen MR) is 86.1 cm³/mol. The molecule has 6 heteroatoms. The lowest BCUT2D eigenvalue weighted by atomic mass is 10.2. The van der Waals surface area contributed by atoms with Crippen LogP contribution in [0.3, 0.4) is 0 Å². The maximum Gasteiger partial charge on any atom is 0.243 e. The van der Waals surface area contributed by atoms with Gasteiger partial charge < -0.3 is 0 Å². The zero-order valence-corrected chi connectivity index (χ0v) is 13.8. The van der Waals surface area contributed by atoms with Gasteiger partial charge in [0.2, 0.25) is 10.0 Å². The van der Waals surface area contributed by atoms with Crippen LogP contribution in [0.1, 0.15) is 23.3 Å². The van der Waals surface area contributed by atoms with E-state index in [2.05, 4.69) is 0 Å². The third-order valence-corrected chi connectivity index (χ3v) is 6.57. The van der Waals surface area contributed by atoms with Crippen molar-refractivity contribution in [3.63, 3.8) is 0 Å². The number of hydrogen-bond acceptors (Lipinski definition) is 3. The Morgan fingerprint density at radius 1 is 1.24 bits per heavy atom. The van der Waals surface area contributed by atoms with Gasteiger partial charge in [-0.25, -0.2) is 8.42 Å². The Bertz CT molecular complexity index is 709. The molecule has 3 rings (SSSR count). The number of hydrogen-bond donors (Lipinski definition) is 0. The van der Waals surface area contributed by atoms with Crippen molar-refractivity contribution in [2.75, 3.05) is 0 Å². The number of alkyl halides is 1. The highest BCUT2D eigenvalue weighted by Gasteiger charge is 2.38. The number of sulfonamides is 1. The molecule has 0 radical (unpaired) electrons. The predicted octanol–water partition coefficient (Wildman–Crippen LogP) is 3.84. The minimum Gasteiger partial charge on any atom is -0.207 e. The fourth-order valence-corrected chi connectivity index (χ4v) is 4.94. The van der Waals surface area contributed by atoms with E-state index < -0.39 is 10.0 Å². The van der Waals surface area contributed by atoms with Crippen LogP contribution in [0.4, 0.5) is 0 Å². The summed E-state index contributed by atoms with van der Waals surface area (Å²) in [4.78, 5) is 1.41. The number of halogens is 1. The highest BCUT2D eigenvalue weighted by atomic mass is 35.5. The summed E-state index contributed by atoms with van der Waals surface area (Å²) in [6.45, 7) is 0.454. The molecule has 0 spiro atoms. The third-order valence-electron chi connectivity index (χ3n) is 3.51. The van der Waals surface area contributed by atoms with Crippen molar-refractivity contribution in [1.29, 1.82) is 0 Å². The van der Waals surface area contributed by atoms with E-state index in [1.54, 1.807) is 33.8 Å². The fourth-order valence-electron chi connectivity index (χ4n) is 2.25. The van der Waals surface area contributed by atoms with Gasteiger partial charge in [-0.1, -0.05) is 18.2 Å². The molecule has 112 valence electrons. The van der Waals surface area contributed by atoms with Gasteiger partial charge >= 0.3 is 0 Å². The van der Waals surface area contributed by atoms with Gasteiger partial charge in [-0.05, 0) is 42.0 Å².